The Hall–Kier alpha value is -1.13. The maximum atomic E-state index is 13.3. The van der Waals surface area contributed by atoms with Gasteiger partial charge in [0.05, 0.1) is 7.11 Å². The Morgan fingerprint density at radius 2 is 2.18 bits per heavy atom. The number of nitrogens with one attached hydrogen (secondary N) is 1. The molecular weight excluding hydrogens is 219 g/mol. The lowest BCUT2D eigenvalue weighted by atomic mass is 9.91. The zero-order chi connectivity index (χ0) is 12.8. The molecule has 3 nitrogen and oxygen atoms in total. The fraction of sp³-hybridized carbons (Fsp3) is 0.538. The summed E-state index contributed by atoms with van der Waals surface area (Å²) in [5.41, 5.74) is 6.41. The summed E-state index contributed by atoms with van der Waals surface area (Å²) >= 11 is 0. The van der Waals surface area contributed by atoms with E-state index in [1.165, 1.54) is 12.1 Å². The third-order valence-corrected chi connectivity index (χ3v) is 3.03. The van der Waals surface area contributed by atoms with Crippen LogP contribution in [0.25, 0.3) is 0 Å². The molecule has 0 heterocycles. The van der Waals surface area contributed by atoms with Crippen LogP contribution < -0.4 is 15.8 Å². The Morgan fingerprint density at radius 3 is 2.71 bits per heavy atom. The van der Waals surface area contributed by atoms with E-state index in [1.54, 1.807) is 13.2 Å². The zero-order valence-corrected chi connectivity index (χ0v) is 10.7. The Balaban J connectivity index is 3.05. The van der Waals surface area contributed by atoms with Gasteiger partial charge in [0.1, 0.15) is 11.6 Å². The monoisotopic (exact) mass is 240 g/mol. The molecular formula is C13H21FN2O. The summed E-state index contributed by atoms with van der Waals surface area (Å²) in [5.74, 6) is 0.774. The molecule has 0 aliphatic heterocycles. The van der Waals surface area contributed by atoms with Crippen molar-refractivity contribution in [2.24, 2.45) is 11.7 Å². The van der Waals surface area contributed by atoms with Crippen LogP contribution in [-0.2, 0) is 0 Å². The average Bonchev–Trinajstić information content (AvgIpc) is 2.31. The third kappa shape index (κ3) is 3.41. The van der Waals surface area contributed by atoms with Crippen molar-refractivity contribution in [3.63, 3.8) is 0 Å². The van der Waals surface area contributed by atoms with Gasteiger partial charge in [0.2, 0.25) is 0 Å². The smallest absolute Gasteiger partial charge is 0.123 e. The molecule has 1 aromatic carbocycles. The van der Waals surface area contributed by atoms with Gasteiger partial charge in [0.25, 0.3) is 0 Å². The molecule has 3 N–H and O–H groups in total. The van der Waals surface area contributed by atoms with Gasteiger partial charge >= 0.3 is 0 Å². The maximum Gasteiger partial charge on any atom is 0.123 e. The number of halogens is 1. The van der Waals surface area contributed by atoms with Gasteiger partial charge in [0, 0.05) is 11.6 Å². The van der Waals surface area contributed by atoms with Crippen LogP contribution in [0.2, 0.25) is 0 Å². The van der Waals surface area contributed by atoms with Crippen LogP contribution in [0.5, 0.6) is 5.75 Å². The van der Waals surface area contributed by atoms with Crippen LogP contribution in [0.3, 0.4) is 0 Å². The molecule has 0 aliphatic carbocycles. The molecule has 96 valence electrons. The molecule has 4 heteroatoms. The maximum absolute atomic E-state index is 13.3. The summed E-state index contributed by atoms with van der Waals surface area (Å²) in [6, 6.07) is 4.63. The van der Waals surface area contributed by atoms with Gasteiger partial charge in [-0.15, -0.1) is 0 Å². The quantitative estimate of drug-likeness (QED) is 0.800. The number of methoxy groups -OCH3 is 1. The lowest BCUT2D eigenvalue weighted by molar-refractivity contribution is 0.359. The van der Waals surface area contributed by atoms with E-state index in [2.05, 4.69) is 12.2 Å². The Morgan fingerprint density at radius 1 is 1.47 bits per heavy atom. The molecule has 0 radical (unpaired) electrons. The zero-order valence-electron chi connectivity index (χ0n) is 10.7. The van der Waals surface area contributed by atoms with E-state index in [1.807, 2.05) is 7.05 Å². The lowest BCUT2D eigenvalue weighted by Gasteiger charge is -2.25. The van der Waals surface area contributed by atoms with E-state index in [0.717, 1.165) is 12.0 Å². The summed E-state index contributed by atoms with van der Waals surface area (Å²) in [6.45, 7) is 2.72. The third-order valence-electron chi connectivity index (χ3n) is 3.03. The first kappa shape index (κ1) is 13.9. The number of nitrogens with two attached hydrogens (primary N) is 1. The summed E-state index contributed by atoms with van der Waals surface area (Å²) in [6.07, 6.45) is 0.880. The summed E-state index contributed by atoms with van der Waals surface area (Å²) < 4.78 is 18.6. The minimum absolute atomic E-state index is 0.0456. The first-order chi connectivity index (χ1) is 8.13. The summed E-state index contributed by atoms with van der Waals surface area (Å²) in [5, 5.41) is 3.20. The number of hydrogen-bond acceptors (Lipinski definition) is 3. The highest BCUT2D eigenvalue weighted by Crippen LogP contribution is 2.31. The van der Waals surface area contributed by atoms with Crippen molar-refractivity contribution < 1.29 is 9.13 Å². The van der Waals surface area contributed by atoms with Crippen molar-refractivity contribution >= 4 is 0 Å². The second-order valence-electron chi connectivity index (χ2n) is 4.21. The summed E-state index contributed by atoms with van der Waals surface area (Å²) in [4.78, 5) is 0. The van der Waals surface area contributed by atoms with Crippen molar-refractivity contribution in [2.45, 2.75) is 19.4 Å². The molecule has 0 bridgehead atoms. The SMILES string of the molecule is CNC(c1cc(F)ccc1OC)C(C)CCN. The Labute approximate surface area is 102 Å². The van der Waals surface area contributed by atoms with E-state index < -0.39 is 0 Å². The van der Waals surface area contributed by atoms with Crippen molar-refractivity contribution in [3.05, 3.63) is 29.6 Å². The highest BCUT2D eigenvalue weighted by molar-refractivity contribution is 5.36. The van der Waals surface area contributed by atoms with Gasteiger partial charge < -0.3 is 15.8 Å². The first-order valence-corrected chi connectivity index (χ1v) is 5.84. The van der Waals surface area contributed by atoms with Gasteiger partial charge in [0.15, 0.2) is 0 Å². The predicted octanol–water partition coefficient (Wildman–Crippen LogP) is 2.08. The Kier molecular flexibility index (Phi) is 5.38. The van der Waals surface area contributed by atoms with E-state index in [0.29, 0.717) is 18.2 Å². The minimum Gasteiger partial charge on any atom is -0.496 e. The Bertz CT molecular complexity index is 357. The largest absolute Gasteiger partial charge is 0.496 e. The van der Waals surface area contributed by atoms with E-state index in [9.17, 15) is 4.39 Å². The molecule has 17 heavy (non-hydrogen) atoms. The van der Waals surface area contributed by atoms with Crippen molar-refractivity contribution in [1.29, 1.82) is 0 Å². The fourth-order valence-corrected chi connectivity index (χ4v) is 2.12. The van der Waals surface area contributed by atoms with Gasteiger partial charge in [-0.2, -0.15) is 0 Å². The predicted molar refractivity (Wildman–Crippen MR) is 67.6 cm³/mol. The van der Waals surface area contributed by atoms with Gasteiger partial charge in [-0.3, -0.25) is 0 Å². The van der Waals surface area contributed by atoms with E-state index in [4.69, 9.17) is 10.5 Å². The van der Waals surface area contributed by atoms with Crippen LogP contribution in [-0.4, -0.2) is 20.7 Å². The molecule has 0 saturated heterocycles. The average molecular weight is 240 g/mol. The van der Waals surface area contributed by atoms with Crippen LogP contribution in [0.1, 0.15) is 24.9 Å². The molecule has 0 fully saturated rings. The molecule has 0 spiro atoms. The molecule has 0 saturated carbocycles. The van der Waals surface area contributed by atoms with Crippen LogP contribution in [0, 0.1) is 11.7 Å². The number of hydrogen-bond donors (Lipinski definition) is 2. The molecule has 0 aromatic heterocycles. The highest BCUT2D eigenvalue weighted by Gasteiger charge is 2.21. The van der Waals surface area contributed by atoms with Crippen molar-refractivity contribution in [2.75, 3.05) is 20.7 Å². The van der Waals surface area contributed by atoms with Crippen LogP contribution in [0.4, 0.5) is 4.39 Å². The van der Waals surface area contributed by atoms with Crippen molar-refractivity contribution in [1.82, 2.24) is 5.32 Å². The number of rotatable bonds is 6. The second-order valence-corrected chi connectivity index (χ2v) is 4.21. The second kappa shape index (κ2) is 6.57. The standard InChI is InChI=1S/C13H21FN2O/c1-9(6-7-15)13(16-2)11-8-10(14)4-5-12(11)17-3/h4-5,8-9,13,16H,6-7,15H2,1-3H3. The highest BCUT2D eigenvalue weighted by atomic mass is 19.1. The number of benzene rings is 1. The van der Waals surface area contributed by atoms with E-state index in [-0.39, 0.29) is 11.9 Å². The van der Waals surface area contributed by atoms with Crippen molar-refractivity contribution in [3.8, 4) is 5.75 Å². The topological polar surface area (TPSA) is 47.3 Å². The van der Waals surface area contributed by atoms with Gasteiger partial charge in [-0.1, -0.05) is 6.92 Å². The molecule has 2 unspecified atom stereocenters. The lowest BCUT2D eigenvalue weighted by Crippen LogP contribution is -2.25. The fourth-order valence-electron chi connectivity index (χ4n) is 2.12. The van der Waals surface area contributed by atoms with Gasteiger partial charge in [-0.05, 0) is 44.1 Å². The molecule has 0 amide bonds. The normalized spacial score (nSPS) is 14.4. The van der Waals surface area contributed by atoms with Crippen LogP contribution >= 0.6 is 0 Å². The minimum atomic E-state index is -0.249. The number of ether oxygens (including phenoxy) is 1. The molecule has 1 aromatic rings. The van der Waals surface area contributed by atoms with Crippen LogP contribution in [0.15, 0.2) is 18.2 Å². The molecule has 2 atom stereocenters. The first-order valence-electron chi connectivity index (χ1n) is 5.84. The van der Waals surface area contributed by atoms with E-state index >= 15 is 0 Å². The molecule has 1 rings (SSSR count). The van der Waals surface area contributed by atoms with Gasteiger partial charge in [-0.25, -0.2) is 4.39 Å². The molecule has 0 aliphatic rings. The summed E-state index contributed by atoms with van der Waals surface area (Å²) in [7, 11) is 3.46.